The molecule has 2 aromatic carbocycles. The summed E-state index contributed by atoms with van der Waals surface area (Å²) in [5, 5.41) is 6.11. The highest BCUT2D eigenvalue weighted by Gasteiger charge is 2.36. The number of likely N-dealkylation sites (N-methyl/N-ethyl adjacent to an activating group) is 1. The quantitative estimate of drug-likeness (QED) is 0.633. The molecule has 1 fully saturated rings. The van der Waals surface area contributed by atoms with E-state index in [1.807, 2.05) is 50.2 Å². The summed E-state index contributed by atoms with van der Waals surface area (Å²) in [5.41, 5.74) is 3.38. The van der Waals surface area contributed by atoms with Gasteiger partial charge in [-0.25, -0.2) is 0 Å². The van der Waals surface area contributed by atoms with E-state index in [1.165, 1.54) is 5.56 Å². The number of ether oxygens (including phenoxy) is 1. The first-order valence-corrected chi connectivity index (χ1v) is 11.3. The lowest BCUT2D eigenvalue weighted by Gasteiger charge is -2.19. The summed E-state index contributed by atoms with van der Waals surface area (Å²) in [7, 11) is 3.71. The third-order valence-electron chi connectivity index (χ3n) is 6.08. The second kappa shape index (κ2) is 11.1. The third-order valence-corrected chi connectivity index (χ3v) is 6.08. The summed E-state index contributed by atoms with van der Waals surface area (Å²) in [4.78, 5) is 27.1. The van der Waals surface area contributed by atoms with Crippen LogP contribution in [0.15, 0.2) is 48.5 Å². The maximum atomic E-state index is 13.0. The number of methoxy groups -OCH3 is 1. The number of hydrogen-bond acceptors (Lipinski definition) is 4. The number of rotatable bonds is 9. The smallest absolute Gasteiger partial charge is 0.225 e. The molecule has 1 saturated heterocycles. The van der Waals surface area contributed by atoms with Gasteiger partial charge in [-0.3, -0.25) is 9.59 Å². The van der Waals surface area contributed by atoms with Crippen LogP contribution in [0.5, 0.6) is 5.75 Å². The largest absolute Gasteiger partial charge is 0.497 e. The number of carbonyl (C=O) groups excluding carboxylic acids is 2. The highest BCUT2D eigenvalue weighted by atomic mass is 16.5. The molecule has 0 spiro atoms. The molecule has 0 bridgehead atoms. The Morgan fingerprint density at radius 3 is 2.50 bits per heavy atom. The summed E-state index contributed by atoms with van der Waals surface area (Å²) < 4.78 is 5.19. The van der Waals surface area contributed by atoms with Crippen molar-refractivity contribution in [3.63, 3.8) is 0 Å². The van der Waals surface area contributed by atoms with E-state index in [9.17, 15) is 9.59 Å². The molecular weight excluding hydrogens is 402 g/mol. The Morgan fingerprint density at radius 2 is 1.81 bits per heavy atom. The van der Waals surface area contributed by atoms with Gasteiger partial charge in [0.15, 0.2) is 0 Å². The summed E-state index contributed by atoms with van der Waals surface area (Å²) in [5.74, 6) is 1.00. The maximum absolute atomic E-state index is 13.0. The van der Waals surface area contributed by atoms with Crippen molar-refractivity contribution in [2.45, 2.75) is 32.7 Å². The number of hydrogen-bond donors (Lipinski definition) is 2. The van der Waals surface area contributed by atoms with Crippen LogP contribution in [0, 0.1) is 11.8 Å². The monoisotopic (exact) mass is 437 g/mol. The molecule has 2 N–H and O–H groups in total. The molecule has 0 aliphatic carbocycles. The van der Waals surface area contributed by atoms with E-state index in [1.54, 1.807) is 7.11 Å². The zero-order valence-corrected chi connectivity index (χ0v) is 19.6. The molecule has 32 heavy (non-hydrogen) atoms. The topological polar surface area (TPSA) is 70.7 Å². The van der Waals surface area contributed by atoms with Crippen LogP contribution in [-0.2, 0) is 22.6 Å². The van der Waals surface area contributed by atoms with E-state index in [-0.39, 0.29) is 29.6 Å². The first kappa shape index (κ1) is 23.8. The second-order valence-corrected chi connectivity index (χ2v) is 8.94. The van der Waals surface area contributed by atoms with Crippen molar-refractivity contribution in [2.24, 2.45) is 11.8 Å². The fraction of sp³-hybridized carbons (Fsp3) is 0.462. The minimum atomic E-state index is -0.0867. The predicted octanol–water partition coefficient (Wildman–Crippen LogP) is 2.97. The van der Waals surface area contributed by atoms with Crippen LogP contribution in [-0.4, -0.2) is 50.5 Å². The lowest BCUT2D eigenvalue weighted by molar-refractivity contribution is -0.125. The standard InChI is InChI=1S/C26H35N3O3/c1-18(2)25(30)28-15-20-6-5-7-21(14-20)23-16-29(3)17-24(23)26(31)27-13-12-19-8-10-22(32-4)11-9-19/h5-11,14,18,23-24H,12-13,15-17H2,1-4H3,(H,27,31)(H,28,30)/t23-,24+/m0/s1. The van der Waals surface area contributed by atoms with Crippen molar-refractivity contribution in [3.8, 4) is 5.75 Å². The fourth-order valence-electron chi connectivity index (χ4n) is 4.18. The van der Waals surface area contributed by atoms with E-state index in [0.29, 0.717) is 13.1 Å². The highest BCUT2D eigenvalue weighted by molar-refractivity contribution is 5.80. The van der Waals surface area contributed by atoms with Crippen molar-refractivity contribution in [3.05, 3.63) is 65.2 Å². The number of nitrogens with zero attached hydrogens (tertiary/aromatic N) is 1. The van der Waals surface area contributed by atoms with Gasteiger partial charge in [0, 0.05) is 38.0 Å². The summed E-state index contributed by atoms with van der Waals surface area (Å²) in [6.45, 7) is 6.48. The Hall–Kier alpha value is -2.86. The molecule has 2 amide bonds. The van der Waals surface area contributed by atoms with Gasteiger partial charge < -0.3 is 20.3 Å². The Bertz CT molecular complexity index is 911. The molecule has 3 rings (SSSR count). The Morgan fingerprint density at radius 1 is 1.06 bits per heavy atom. The molecule has 0 saturated carbocycles. The Balaban J connectivity index is 1.59. The van der Waals surface area contributed by atoms with Crippen molar-refractivity contribution in [1.29, 1.82) is 0 Å². The average molecular weight is 438 g/mol. The van der Waals surface area contributed by atoms with Crippen molar-refractivity contribution in [2.75, 3.05) is 33.8 Å². The number of nitrogens with one attached hydrogen (secondary N) is 2. The lowest BCUT2D eigenvalue weighted by Crippen LogP contribution is -2.35. The van der Waals surface area contributed by atoms with Crippen LogP contribution >= 0.6 is 0 Å². The fourth-order valence-corrected chi connectivity index (χ4v) is 4.18. The first-order chi connectivity index (χ1) is 15.4. The minimum absolute atomic E-state index is 0.0346. The van der Waals surface area contributed by atoms with Gasteiger partial charge in [0.1, 0.15) is 5.75 Å². The summed E-state index contributed by atoms with van der Waals surface area (Å²) in [6, 6.07) is 16.2. The highest BCUT2D eigenvalue weighted by Crippen LogP contribution is 2.32. The molecule has 6 nitrogen and oxygen atoms in total. The molecule has 6 heteroatoms. The first-order valence-electron chi connectivity index (χ1n) is 11.3. The zero-order valence-electron chi connectivity index (χ0n) is 19.6. The van der Waals surface area contributed by atoms with Gasteiger partial charge in [0.05, 0.1) is 13.0 Å². The van der Waals surface area contributed by atoms with Crippen molar-refractivity contribution in [1.82, 2.24) is 15.5 Å². The van der Waals surface area contributed by atoms with Gasteiger partial charge in [0.25, 0.3) is 0 Å². The molecule has 172 valence electrons. The normalized spacial score (nSPS) is 18.5. The van der Waals surface area contributed by atoms with Crippen LogP contribution in [0.4, 0.5) is 0 Å². The lowest BCUT2D eigenvalue weighted by atomic mass is 9.87. The molecule has 0 aromatic heterocycles. The van der Waals surface area contributed by atoms with E-state index >= 15 is 0 Å². The minimum Gasteiger partial charge on any atom is -0.497 e. The molecule has 2 aromatic rings. The molecule has 1 heterocycles. The van der Waals surface area contributed by atoms with E-state index < -0.39 is 0 Å². The zero-order chi connectivity index (χ0) is 23.1. The van der Waals surface area contributed by atoms with Crippen LogP contribution in [0.1, 0.15) is 36.5 Å². The van der Waals surface area contributed by atoms with Gasteiger partial charge in [-0.2, -0.15) is 0 Å². The van der Waals surface area contributed by atoms with Crippen LogP contribution < -0.4 is 15.4 Å². The van der Waals surface area contributed by atoms with E-state index in [2.05, 4.69) is 34.7 Å². The molecule has 2 atom stereocenters. The van der Waals surface area contributed by atoms with Crippen molar-refractivity contribution >= 4 is 11.8 Å². The second-order valence-electron chi connectivity index (χ2n) is 8.94. The van der Waals surface area contributed by atoms with Gasteiger partial charge in [0.2, 0.25) is 11.8 Å². The third kappa shape index (κ3) is 6.33. The molecule has 0 unspecified atom stereocenters. The number of carbonyl (C=O) groups is 2. The number of benzene rings is 2. The van der Waals surface area contributed by atoms with Gasteiger partial charge >= 0.3 is 0 Å². The predicted molar refractivity (Wildman–Crippen MR) is 127 cm³/mol. The molecule has 0 radical (unpaired) electrons. The molecule has 1 aliphatic heterocycles. The van der Waals surface area contributed by atoms with Crippen LogP contribution in [0.3, 0.4) is 0 Å². The van der Waals surface area contributed by atoms with Crippen LogP contribution in [0.25, 0.3) is 0 Å². The van der Waals surface area contributed by atoms with E-state index in [4.69, 9.17) is 4.74 Å². The van der Waals surface area contributed by atoms with E-state index in [0.717, 1.165) is 36.4 Å². The summed E-state index contributed by atoms with van der Waals surface area (Å²) >= 11 is 0. The number of likely N-dealkylation sites (tertiary alicyclic amines) is 1. The number of amides is 2. The Labute approximate surface area is 191 Å². The molecular formula is C26H35N3O3. The van der Waals surface area contributed by atoms with Crippen LogP contribution in [0.2, 0.25) is 0 Å². The average Bonchev–Trinajstić information content (AvgIpc) is 3.19. The Kier molecular flexibility index (Phi) is 8.28. The van der Waals surface area contributed by atoms with Gasteiger partial charge in [-0.1, -0.05) is 50.2 Å². The van der Waals surface area contributed by atoms with Gasteiger partial charge in [-0.05, 0) is 42.3 Å². The SMILES string of the molecule is COc1ccc(CCNC(=O)[C@@H]2CN(C)C[C@H]2c2cccc(CNC(=O)C(C)C)c2)cc1. The maximum Gasteiger partial charge on any atom is 0.225 e. The summed E-state index contributed by atoms with van der Waals surface area (Å²) in [6.07, 6.45) is 0.786. The molecule has 1 aliphatic rings. The van der Waals surface area contributed by atoms with Gasteiger partial charge in [-0.15, -0.1) is 0 Å². The van der Waals surface area contributed by atoms with Crippen molar-refractivity contribution < 1.29 is 14.3 Å².